The Hall–Kier alpha value is -3.26. The minimum Gasteiger partial charge on any atom is -0.491 e. The summed E-state index contributed by atoms with van der Waals surface area (Å²) < 4.78 is 7.53. The molecule has 0 bridgehead atoms. The third kappa shape index (κ3) is 3.97. The van der Waals surface area contributed by atoms with Gasteiger partial charge in [0.1, 0.15) is 10.8 Å². The third-order valence-corrected chi connectivity index (χ3v) is 5.49. The fourth-order valence-electron chi connectivity index (χ4n) is 2.82. The molecule has 1 N–H and O–H groups in total. The largest absolute Gasteiger partial charge is 0.491 e. The van der Waals surface area contributed by atoms with Gasteiger partial charge in [-0.15, -0.1) is 10.2 Å². The number of rotatable bonds is 6. The zero-order chi connectivity index (χ0) is 20.4. The summed E-state index contributed by atoms with van der Waals surface area (Å²) >= 11 is 1.43. The zero-order valence-electron chi connectivity index (χ0n) is 16.4. The van der Waals surface area contributed by atoms with Gasteiger partial charge in [0, 0.05) is 11.1 Å². The molecular formula is C21H21N5O2S. The van der Waals surface area contributed by atoms with E-state index < -0.39 is 0 Å². The van der Waals surface area contributed by atoms with Crippen molar-refractivity contribution in [2.24, 2.45) is 0 Å². The van der Waals surface area contributed by atoms with E-state index in [1.54, 1.807) is 16.6 Å². The second kappa shape index (κ2) is 8.00. The molecular weight excluding hydrogens is 386 g/mol. The topological polar surface area (TPSA) is 81.4 Å². The van der Waals surface area contributed by atoms with E-state index in [1.165, 1.54) is 11.3 Å². The summed E-state index contributed by atoms with van der Waals surface area (Å²) in [6, 6.07) is 14.8. The highest BCUT2D eigenvalue weighted by Gasteiger charge is 2.16. The van der Waals surface area contributed by atoms with E-state index in [1.807, 2.05) is 50.2 Å². The lowest BCUT2D eigenvalue weighted by Gasteiger charge is -2.14. The number of hydrogen-bond acceptors (Lipinski definition) is 6. The number of anilines is 1. The molecule has 0 aliphatic rings. The van der Waals surface area contributed by atoms with Crippen LogP contribution in [-0.2, 0) is 0 Å². The molecule has 4 rings (SSSR count). The van der Waals surface area contributed by atoms with Crippen LogP contribution in [0.3, 0.4) is 0 Å². The van der Waals surface area contributed by atoms with Crippen LogP contribution in [0.15, 0.2) is 48.5 Å². The van der Waals surface area contributed by atoms with E-state index in [0.717, 1.165) is 22.8 Å². The maximum Gasteiger partial charge on any atom is 0.255 e. The highest BCUT2D eigenvalue weighted by Crippen LogP contribution is 2.31. The molecule has 7 nitrogen and oxygen atoms in total. The van der Waals surface area contributed by atoms with Crippen molar-refractivity contribution in [1.29, 1.82) is 0 Å². The van der Waals surface area contributed by atoms with Crippen LogP contribution in [0.5, 0.6) is 5.75 Å². The lowest BCUT2D eigenvalue weighted by molar-refractivity contribution is 0.102. The molecule has 148 valence electrons. The van der Waals surface area contributed by atoms with Crippen LogP contribution in [0.4, 0.5) is 5.69 Å². The average molecular weight is 407 g/mol. The number of nitrogens with one attached hydrogen (secondary N) is 1. The molecule has 29 heavy (non-hydrogen) atoms. The average Bonchev–Trinajstić information content (AvgIpc) is 3.30. The van der Waals surface area contributed by atoms with Crippen molar-refractivity contribution in [1.82, 2.24) is 19.8 Å². The molecule has 1 atom stereocenters. The fourth-order valence-corrected chi connectivity index (χ4v) is 3.75. The first-order valence-electron chi connectivity index (χ1n) is 9.41. The highest BCUT2D eigenvalue weighted by atomic mass is 32.1. The molecule has 0 unspecified atom stereocenters. The number of benzene rings is 2. The summed E-state index contributed by atoms with van der Waals surface area (Å²) in [6.07, 6.45) is 0.992. The Balaban J connectivity index is 1.60. The monoisotopic (exact) mass is 407 g/mol. The molecule has 2 heterocycles. The molecule has 0 saturated heterocycles. The number of aromatic nitrogens is 4. The van der Waals surface area contributed by atoms with Gasteiger partial charge in [0.15, 0.2) is 5.82 Å². The van der Waals surface area contributed by atoms with Crippen molar-refractivity contribution in [3.05, 3.63) is 59.9 Å². The molecule has 0 fully saturated rings. The summed E-state index contributed by atoms with van der Waals surface area (Å²) in [6.45, 7) is 5.92. The van der Waals surface area contributed by atoms with Gasteiger partial charge in [-0.2, -0.15) is 9.61 Å². The Kier molecular flexibility index (Phi) is 5.26. The number of para-hydroxylation sites is 1. The van der Waals surface area contributed by atoms with Crippen molar-refractivity contribution >= 4 is 27.9 Å². The molecule has 0 saturated carbocycles. The molecule has 0 spiro atoms. The maximum absolute atomic E-state index is 12.9. The van der Waals surface area contributed by atoms with Gasteiger partial charge in [0.05, 0.1) is 11.8 Å². The van der Waals surface area contributed by atoms with Crippen molar-refractivity contribution in [2.75, 3.05) is 5.32 Å². The molecule has 1 amide bonds. The van der Waals surface area contributed by atoms with Crippen LogP contribution < -0.4 is 10.1 Å². The minimum atomic E-state index is -0.203. The first-order valence-corrected chi connectivity index (χ1v) is 10.2. The van der Waals surface area contributed by atoms with Gasteiger partial charge in [0.2, 0.25) is 4.96 Å². The summed E-state index contributed by atoms with van der Waals surface area (Å²) in [7, 11) is 0. The van der Waals surface area contributed by atoms with Gasteiger partial charge in [-0.25, -0.2) is 0 Å². The SMILES string of the molecule is CC[C@H](C)Oc1cccc(C(=O)Nc2ccccc2-c2nn3c(C)nnc3s2)c1. The number of amides is 1. The summed E-state index contributed by atoms with van der Waals surface area (Å²) in [5.74, 6) is 1.21. The Morgan fingerprint density at radius 2 is 2.03 bits per heavy atom. The summed E-state index contributed by atoms with van der Waals surface area (Å²) in [5.41, 5.74) is 2.06. The van der Waals surface area contributed by atoms with Crippen LogP contribution in [-0.4, -0.2) is 31.8 Å². The fraction of sp³-hybridized carbons (Fsp3) is 0.238. The van der Waals surface area contributed by atoms with Gasteiger partial charge in [-0.3, -0.25) is 4.79 Å². The molecule has 2 aromatic heterocycles. The Bertz CT molecular complexity index is 1170. The molecule has 4 aromatic rings. The van der Waals surface area contributed by atoms with Crippen LogP contribution in [0.25, 0.3) is 15.5 Å². The smallest absolute Gasteiger partial charge is 0.255 e. The maximum atomic E-state index is 12.9. The number of aryl methyl sites for hydroxylation is 1. The Morgan fingerprint density at radius 1 is 1.21 bits per heavy atom. The molecule has 8 heteroatoms. The minimum absolute atomic E-state index is 0.0933. The van der Waals surface area contributed by atoms with Gasteiger partial charge >= 0.3 is 0 Å². The first-order chi connectivity index (χ1) is 14.0. The van der Waals surface area contributed by atoms with Crippen LogP contribution in [0.2, 0.25) is 0 Å². The van der Waals surface area contributed by atoms with E-state index in [-0.39, 0.29) is 12.0 Å². The summed E-state index contributed by atoms with van der Waals surface area (Å²) in [4.78, 5) is 13.6. The van der Waals surface area contributed by atoms with Gasteiger partial charge in [-0.1, -0.05) is 36.5 Å². The van der Waals surface area contributed by atoms with Crippen molar-refractivity contribution in [3.63, 3.8) is 0 Å². The lowest BCUT2D eigenvalue weighted by atomic mass is 10.1. The number of nitrogens with zero attached hydrogens (tertiary/aromatic N) is 4. The van der Waals surface area contributed by atoms with Crippen molar-refractivity contribution in [2.45, 2.75) is 33.3 Å². The predicted molar refractivity (Wildman–Crippen MR) is 114 cm³/mol. The van der Waals surface area contributed by atoms with E-state index in [9.17, 15) is 4.79 Å². The van der Waals surface area contributed by atoms with Crippen LogP contribution in [0, 0.1) is 6.92 Å². The van der Waals surface area contributed by atoms with E-state index >= 15 is 0 Å². The number of carbonyl (C=O) groups is 1. The van der Waals surface area contributed by atoms with Gasteiger partial charge in [0.25, 0.3) is 5.91 Å². The predicted octanol–water partition coefficient (Wildman–Crippen LogP) is 4.59. The van der Waals surface area contributed by atoms with Crippen LogP contribution >= 0.6 is 11.3 Å². The normalized spacial score (nSPS) is 12.1. The Morgan fingerprint density at radius 3 is 2.83 bits per heavy atom. The summed E-state index contributed by atoms with van der Waals surface area (Å²) in [5, 5.41) is 16.5. The van der Waals surface area contributed by atoms with Gasteiger partial charge in [-0.05, 0) is 50.6 Å². The number of fused-ring (bicyclic) bond motifs is 1. The molecule has 0 aliphatic heterocycles. The second-order valence-electron chi connectivity index (χ2n) is 6.71. The second-order valence-corrected chi connectivity index (χ2v) is 7.67. The van der Waals surface area contributed by atoms with E-state index in [0.29, 0.717) is 22.0 Å². The molecule has 0 radical (unpaired) electrons. The Labute approximate surface area is 172 Å². The van der Waals surface area contributed by atoms with Crippen molar-refractivity contribution in [3.8, 4) is 16.3 Å². The van der Waals surface area contributed by atoms with E-state index in [4.69, 9.17) is 4.74 Å². The quantitative estimate of drug-likeness (QED) is 0.505. The highest BCUT2D eigenvalue weighted by molar-refractivity contribution is 7.19. The van der Waals surface area contributed by atoms with E-state index in [2.05, 4.69) is 27.5 Å². The zero-order valence-corrected chi connectivity index (χ0v) is 17.2. The van der Waals surface area contributed by atoms with Gasteiger partial charge < -0.3 is 10.1 Å². The third-order valence-electron chi connectivity index (χ3n) is 4.56. The number of ether oxygens (including phenoxy) is 1. The lowest BCUT2D eigenvalue weighted by Crippen LogP contribution is -2.14. The van der Waals surface area contributed by atoms with Crippen molar-refractivity contribution < 1.29 is 9.53 Å². The number of hydrogen-bond donors (Lipinski definition) is 1. The first kappa shape index (κ1) is 19.1. The molecule has 2 aromatic carbocycles. The number of carbonyl (C=O) groups excluding carboxylic acids is 1. The molecule has 0 aliphatic carbocycles. The van der Waals surface area contributed by atoms with Crippen LogP contribution in [0.1, 0.15) is 36.5 Å². The standard InChI is InChI=1S/C21H21N5O2S/c1-4-13(2)28-16-9-7-8-15(12-16)19(27)22-18-11-6-5-10-17(18)20-25-26-14(3)23-24-21(26)29-20/h5-13H,4H2,1-3H3,(H,22,27)/t13-/m0/s1.